The molecule has 5 heteroatoms. The summed E-state index contributed by atoms with van der Waals surface area (Å²) in [6, 6.07) is 18.9. The fraction of sp³-hybridized carbons (Fsp3) is 0.217. The molecule has 142 valence electrons. The van der Waals surface area contributed by atoms with Crippen molar-refractivity contribution < 1.29 is 9.59 Å². The lowest BCUT2D eigenvalue weighted by Crippen LogP contribution is -2.51. The van der Waals surface area contributed by atoms with Gasteiger partial charge in [0.1, 0.15) is 6.04 Å². The number of fused-ring (bicyclic) bond motifs is 1. The summed E-state index contributed by atoms with van der Waals surface area (Å²) < 4.78 is 2.14. The van der Waals surface area contributed by atoms with Gasteiger partial charge in [-0.2, -0.15) is 0 Å². The van der Waals surface area contributed by atoms with Crippen LogP contribution in [0.15, 0.2) is 60.7 Å². The number of carbonyl (C=O) groups excluding carboxylic acids is 2. The molecule has 2 amide bonds. The van der Waals surface area contributed by atoms with Gasteiger partial charge in [0, 0.05) is 35.6 Å². The maximum Gasteiger partial charge on any atom is 0.254 e. The van der Waals surface area contributed by atoms with Crippen LogP contribution in [0.2, 0.25) is 0 Å². The van der Waals surface area contributed by atoms with Crippen LogP contribution in [0.3, 0.4) is 0 Å². The van der Waals surface area contributed by atoms with Gasteiger partial charge in [0.2, 0.25) is 5.91 Å². The first kappa shape index (κ1) is 18.0. The molecule has 1 atom stereocenters. The highest BCUT2D eigenvalue weighted by Crippen LogP contribution is 2.25. The Morgan fingerprint density at radius 2 is 1.50 bits per heavy atom. The number of primary amides is 1. The van der Waals surface area contributed by atoms with Gasteiger partial charge in [-0.15, -0.1) is 0 Å². The molecule has 0 fully saturated rings. The van der Waals surface area contributed by atoms with Crippen LogP contribution < -0.4 is 5.73 Å². The van der Waals surface area contributed by atoms with Crippen molar-refractivity contribution in [3.8, 4) is 5.69 Å². The summed E-state index contributed by atoms with van der Waals surface area (Å²) in [5.41, 5.74) is 11.6. The van der Waals surface area contributed by atoms with Crippen molar-refractivity contribution in [1.29, 1.82) is 0 Å². The van der Waals surface area contributed by atoms with E-state index < -0.39 is 11.9 Å². The molecular weight excluding hydrogens is 350 g/mol. The zero-order valence-electron chi connectivity index (χ0n) is 16.1. The highest BCUT2D eigenvalue weighted by atomic mass is 16.2. The van der Waals surface area contributed by atoms with E-state index in [2.05, 4.69) is 30.5 Å². The first-order valence-electron chi connectivity index (χ1n) is 9.38. The first-order valence-corrected chi connectivity index (χ1v) is 9.38. The monoisotopic (exact) mass is 373 g/mol. The molecule has 3 aromatic rings. The van der Waals surface area contributed by atoms with E-state index in [4.69, 9.17) is 5.73 Å². The average molecular weight is 373 g/mol. The number of rotatable bonds is 3. The van der Waals surface area contributed by atoms with Crippen molar-refractivity contribution in [2.45, 2.75) is 32.9 Å². The summed E-state index contributed by atoms with van der Waals surface area (Å²) in [6.07, 6.45) is 0.455. The van der Waals surface area contributed by atoms with Gasteiger partial charge in [-0.3, -0.25) is 9.59 Å². The zero-order valence-corrected chi connectivity index (χ0v) is 16.1. The van der Waals surface area contributed by atoms with Crippen LogP contribution in [0.4, 0.5) is 0 Å². The average Bonchev–Trinajstić information content (AvgIpc) is 3.04. The van der Waals surface area contributed by atoms with E-state index in [-0.39, 0.29) is 5.91 Å². The molecule has 1 aliphatic heterocycles. The van der Waals surface area contributed by atoms with Gasteiger partial charge in [0.25, 0.3) is 5.91 Å². The number of amides is 2. The predicted octanol–water partition coefficient (Wildman–Crippen LogP) is 3.15. The molecule has 0 saturated heterocycles. The molecule has 2 N–H and O–H groups in total. The summed E-state index contributed by atoms with van der Waals surface area (Å²) in [4.78, 5) is 26.8. The number of hydrogen-bond donors (Lipinski definition) is 1. The van der Waals surface area contributed by atoms with E-state index in [1.165, 1.54) is 0 Å². The first-order chi connectivity index (χ1) is 13.5. The zero-order chi connectivity index (χ0) is 19.8. The molecule has 28 heavy (non-hydrogen) atoms. The van der Waals surface area contributed by atoms with Crippen molar-refractivity contribution in [2.24, 2.45) is 5.73 Å². The fourth-order valence-electron chi connectivity index (χ4n) is 3.99. The molecule has 5 nitrogen and oxygen atoms in total. The van der Waals surface area contributed by atoms with Gasteiger partial charge in [-0.1, -0.05) is 24.3 Å². The summed E-state index contributed by atoms with van der Waals surface area (Å²) >= 11 is 0. The van der Waals surface area contributed by atoms with Crippen LogP contribution in [0.5, 0.6) is 0 Å². The second-order valence-corrected chi connectivity index (χ2v) is 7.32. The van der Waals surface area contributed by atoms with Crippen molar-refractivity contribution in [3.63, 3.8) is 0 Å². The number of nitrogens with two attached hydrogens (primary N) is 1. The lowest BCUT2D eigenvalue weighted by Gasteiger charge is -2.35. The number of hydrogen-bond acceptors (Lipinski definition) is 2. The molecule has 2 aromatic carbocycles. The predicted molar refractivity (Wildman–Crippen MR) is 108 cm³/mol. The minimum atomic E-state index is -0.629. The molecule has 0 spiro atoms. The van der Waals surface area contributed by atoms with E-state index in [0.29, 0.717) is 18.5 Å². The van der Waals surface area contributed by atoms with Gasteiger partial charge in [0.05, 0.1) is 0 Å². The summed E-state index contributed by atoms with van der Waals surface area (Å²) in [5, 5.41) is 0. The molecule has 0 unspecified atom stereocenters. The third-order valence-corrected chi connectivity index (χ3v) is 5.48. The van der Waals surface area contributed by atoms with Crippen molar-refractivity contribution in [3.05, 3.63) is 88.7 Å². The summed E-state index contributed by atoms with van der Waals surface area (Å²) in [5.74, 6) is -0.649. The largest absolute Gasteiger partial charge is 0.368 e. The summed E-state index contributed by atoms with van der Waals surface area (Å²) in [6.45, 7) is 4.49. The number of benzene rings is 2. The van der Waals surface area contributed by atoms with Crippen molar-refractivity contribution in [1.82, 2.24) is 9.47 Å². The Kier molecular flexibility index (Phi) is 4.51. The third-order valence-electron chi connectivity index (χ3n) is 5.48. The van der Waals surface area contributed by atoms with Crippen molar-refractivity contribution in [2.75, 3.05) is 0 Å². The van der Waals surface area contributed by atoms with E-state index in [9.17, 15) is 9.59 Å². The Morgan fingerprint density at radius 3 is 2.11 bits per heavy atom. The molecule has 0 aliphatic carbocycles. The number of aromatic nitrogens is 1. The number of carbonyl (C=O) groups is 2. The SMILES string of the molecule is Cc1ccc(C)n1-c1ccc(C(=O)N2Cc3ccccc3C[C@H]2C(N)=O)cc1. The molecule has 1 aliphatic rings. The maximum atomic E-state index is 13.2. The van der Waals surface area contributed by atoms with Crippen LogP contribution >= 0.6 is 0 Å². The number of nitrogens with zero attached hydrogens (tertiary/aromatic N) is 2. The Bertz CT molecular complexity index is 1030. The third kappa shape index (κ3) is 3.09. The Morgan fingerprint density at radius 1 is 0.893 bits per heavy atom. The lowest BCUT2D eigenvalue weighted by atomic mass is 9.93. The molecule has 1 aromatic heterocycles. The molecular formula is C23H23N3O2. The molecule has 0 bridgehead atoms. The van der Waals surface area contributed by atoms with Gasteiger partial charge < -0.3 is 15.2 Å². The molecule has 0 saturated carbocycles. The van der Waals surface area contributed by atoms with Crippen LogP contribution in [0, 0.1) is 13.8 Å². The van der Waals surface area contributed by atoms with E-state index >= 15 is 0 Å². The van der Waals surface area contributed by atoms with Crippen molar-refractivity contribution >= 4 is 11.8 Å². The quantitative estimate of drug-likeness (QED) is 0.766. The van der Waals surface area contributed by atoms with Crippen LogP contribution in [-0.4, -0.2) is 27.3 Å². The van der Waals surface area contributed by atoms with Crippen LogP contribution in [0.25, 0.3) is 5.69 Å². The van der Waals surface area contributed by atoms with E-state index in [0.717, 1.165) is 28.2 Å². The van der Waals surface area contributed by atoms with Crippen LogP contribution in [-0.2, 0) is 17.8 Å². The highest BCUT2D eigenvalue weighted by molar-refractivity contribution is 5.97. The van der Waals surface area contributed by atoms with Gasteiger partial charge >= 0.3 is 0 Å². The van der Waals surface area contributed by atoms with Gasteiger partial charge in [0.15, 0.2) is 0 Å². The standard InChI is InChI=1S/C23H23N3O2/c1-15-7-8-16(2)26(15)20-11-9-17(10-12-20)23(28)25-14-19-6-4-3-5-18(19)13-21(25)22(24)27/h3-12,21H,13-14H2,1-2H3,(H2,24,27)/t21-/m0/s1. The lowest BCUT2D eigenvalue weighted by molar-refractivity contribution is -0.122. The highest BCUT2D eigenvalue weighted by Gasteiger charge is 2.33. The molecule has 0 radical (unpaired) electrons. The van der Waals surface area contributed by atoms with E-state index in [1.807, 2.05) is 48.5 Å². The maximum absolute atomic E-state index is 13.2. The number of aryl methyl sites for hydroxylation is 2. The van der Waals surface area contributed by atoms with E-state index in [1.54, 1.807) is 4.90 Å². The minimum Gasteiger partial charge on any atom is -0.368 e. The minimum absolute atomic E-state index is 0.175. The summed E-state index contributed by atoms with van der Waals surface area (Å²) in [7, 11) is 0. The van der Waals surface area contributed by atoms with Gasteiger partial charge in [-0.25, -0.2) is 0 Å². The molecule has 2 heterocycles. The Labute approximate surface area is 164 Å². The molecule has 4 rings (SSSR count). The van der Waals surface area contributed by atoms with Crippen LogP contribution in [0.1, 0.15) is 32.9 Å². The topological polar surface area (TPSA) is 68.3 Å². The Balaban J connectivity index is 1.64. The second-order valence-electron chi connectivity index (χ2n) is 7.32. The second kappa shape index (κ2) is 7.00. The fourth-order valence-corrected chi connectivity index (χ4v) is 3.99. The Hall–Kier alpha value is -3.34. The van der Waals surface area contributed by atoms with Gasteiger partial charge in [-0.05, 0) is 61.4 Å². The normalized spacial score (nSPS) is 15.9. The smallest absolute Gasteiger partial charge is 0.254 e.